The van der Waals surface area contributed by atoms with Crippen LogP contribution in [0.15, 0.2) is 48.5 Å². The normalized spacial score (nSPS) is 10.0. The molecule has 0 aliphatic rings. The third kappa shape index (κ3) is 3.03. The summed E-state index contributed by atoms with van der Waals surface area (Å²) < 4.78 is 5.68. The first-order valence-electron chi connectivity index (χ1n) is 5.74. The van der Waals surface area contributed by atoms with Crippen molar-refractivity contribution in [2.24, 2.45) is 0 Å². The second-order valence-corrected chi connectivity index (χ2v) is 4.35. The number of ether oxygens (including phenoxy) is 1. The maximum Gasteiger partial charge on any atom is 0.169 e. The van der Waals surface area contributed by atoms with E-state index in [0.717, 1.165) is 11.5 Å². The second kappa shape index (κ2) is 4.96. The van der Waals surface area contributed by atoms with E-state index in [1.54, 1.807) is 24.3 Å². The minimum Gasteiger partial charge on any atom is -0.457 e. The van der Waals surface area contributed by atoms with Crippen LogP contribution >= 0.6 is 0 Å². The minimum atomic E-state index is 0.493. The van der Waals surface area contributed by atoms with Gasteiger partial charge < -0.3 is 10.5 Å². The fourth-order valence-corrected chi connectivity index (χ4v) is 1.58. The van der Waals surface area contributed by atoms with Gasteiger partial charge in [-0.1, -0.05) is 31.2 Å². The Morgan fingerprint density at radius 1 is 0.824 bits per heavy atom. The fraction of sp³-hybridized carbons (Fsp3) is 0.143. The van der Waals surface area contributed by atoms with Crippen molar-refractivity contribution in [3.05, 3.63) is 48.5 Å². The monoisotopic (exact) mass is 224 g/mol. The van der Waals surface area contributed by atoms with Gasteiger partial charge in [-0.3, -0.25) is 0 Å². The van der Waals surface area contributed by atoms with Gasteiger partial charge in [-0.2, -0.15) is 0 Å². The van der Waals surface area contributed by atoms with E-state index < -0.39 is 0 Å². The van der Waals surface area contributed by atoms with Crippen molar-refractivity contribution in [3.63, 3.8) is 0 Å². The molecule has 0 atom stereocenters. The number of hydrogen-bond acceptors (Lipinski definition) is 1. The van der Waals surface area contributed by atoms with E-state index in [1.165, 1.54) is 5.46 Å². The Kier molecular flexibility index (Phi) is 3.38. The van der Waals surface area contributed by atoms with Crippen LogP contribution in [0, 0.1) is 0 Å². The summed E-state index contributed by atoms with van der Waals surface area (Å²) >= 11 is 0. The summed E-state index contributed by atoms with van der Waals surface area (Å²) in [7, 11) is 0. The zero-order valence-electron chi connectivity index (χ0n) is 10.1. The van der Waals surface area contributed by atoms with E-state index in [0.29, 0.717) is 12.4 Å². The Labute approximate surface area is 102 Å². The first-order chi connectivity index (χ1) is 8.15. The van der Waals surface area contributed by atoms with E-state index in [4.69, 9.17) is 10.5 Å². The molecule has 0 bridgehead atoms. The smallest absolute Gasteiger partial charge is 0.169 e. The molecule has 0 saturated heterocycles. The van der Waals surface area contributed by atoms with Crippen LogP contribution in [-0.4, -0.2) is 6.71 Å². The molecule has 0 heterocycles. The lowest BCUT2D eigenvalue weighted by atomic mass is 9.49. The van der Waals surface area contributed by atoms with Crippen molar-refractivity contribution in [2.45, 2.75) is 13.6 Å². The maximum atomic E-state index is 7.39. The van der Waals surface area contributed by atoms with Gasteiger partial charge in [0.15, 0.2) is 6.71 Å². The van der Waals surface area contributed by atoms with Crippen molar-refractivity contribution in [1.29, 1.82) is 0 Å². The highest BCUT2D eigenvalue weighted by molar-refractivity contribution is 6.70. The van der Waals surface area contributed by atoms with Crippen LogP contribution in [0.3, 0.4) is 0 Å². The van der Waals surface area contributed by atoms with Crippen LogP contribution in [0.25, 0.3) is 0 Å². The third-order valence-electron chi connectivity index (χ3n) is 2.64. The molecular weight excluding hydrogens is 209 g/mol. The average Bonchev–Trinajstić information content (AvgIpc) is 2.33. The highest BCUT2D eigenvalue weighted by Crippen LogP contribution is 2.21. The standard InChI is InChI=1S/C14H15BNO/c1-15(2)11-3-7-13(8-4-11)17-14-9-5-12(16)6-10-14/h3-10,16H,1-2H3. The molecule has 0 unspecified atom stereocenters. The average molecular weight is 224 g/mol. The summed E-state index contributed by atoms with van der Waals surface area (Å²) in [4.78, 5) is 0. The molecule has 0 aliphatic heterocycles. The van der Waals surface area contributed by atoms with E-state index >= 15 is 0 Å². The summed E-state index contributed by atoms with van der Waals surface area (Å²) in [5, 5.41) is 0. The lowest BCUT2D eigenvalue weighted by molar-refractivity contribution is 0.483. The Morgan fingerprint density at radius 3 is 1.76 bits per heavy atom. The summed E-state index contributed by atoms with van der Waals surface area (Å²) in [6.45, 7) is 4.87. The summed E-state index contributed by atoms with van der Waals surface area (Å²) in [6, 6.07) is 15.2. The minimum absolute atomic E-state index is 0.493. The Morgan fingerprint density at radius 2 is 1.29 bits per heavy atom. The fourth-order valence-electron chi connectivity index (χ4n) is 1.58. The van der Waals surface area contributed by atoms with Gasteiger partial charge in [-0.25, -0.2) is 0 Å². The van der Waals surface area contributed by atoms with Gasteiger partial charge in [-0.05, 0) is 36.4 Å². The molecule has 2 aromatic rings. The third-order valence-corrected chi connectivity index (χ3v) is 2.64. The van der Waals surface area contributed by atoms with Gasteiger partial charge in [0.1, 0.15) is 11.5 Å². The van der Waals surface area contributed by atoms with Gasteiger partial charge in [-0.15, -0.1) is 0 Å². The molecular formula is C14H15BNO. The Balaban J connectivity index is 2.11. The van der Waals surface area contributed by atoms with E-state index in [1.807, 2.05) is 12.1 Å². The van der Waals surface area contributed by atoms with Crippen LogP contribution in [-0.2, 0) is 0 Å². The predicted molar refractivity (Wildman–Crippen MR) is 72.8 cm³/mol. The highest BCUT2D eigenvalue weighted by atomic mass is 16.5. The van der Waals surface area contributed by atoms with Crippen LogP contribution in [0.1, 0.15) is 0 Å². The molecule has 85 valence electrons. The van der Waals surface area contributed by atoms with Crippen molar-refractivity contribution >= 4 is 17.9 Å². The van der Waals surface area contributed by atoms with Crippen molar-refractivity contribution in [3.8, 4) is 11.5 Å². The number of rotatable bonds is 3. The SMILES string of the molecule is CB(C)c1ccc(Oc2ccc([NH])cc2)cc1. The molecule has 0 amide bonds. The van der Waals surface area contributed by atoms with Crippen LogP contribution in [0.4, 0.5) is 5.69 Å². The van der Waals surface area contributed by atoms with Crippen LogP contribution in [0.2, 0.25) is 13.6 Å². The molecule has 2 aromatic carbocycles. The molecule has 0 fully saturated rings. The quantitative estimate of drug-likeness (QED) is 0.735. The molecule has 0 saturated carbocycles. The molecule has 1 N–H and O–H groups in total. The number of hydrogen-bond donors (Lipinski definition) is 0. The molecule has 0 aliphatic carbocycles. The summed E-state index contributed by atoms with van der Waals surface area (Å²) in [5.41, 5.74) is 9.19. The van der Waals surface area contributed by atoms with Crippen molar-refractivity contribution in [1.82, 2.24) is 5.73 Å². The number of benzene rings is 2. The summed E-state index contributed by atoms with van der Waals surface area (Å²) in [5.74, 6) is 1.59. The molecule has 0 spiro atoms. The van der Waals surface area contributed by atoms with Crippen molar-refractivity contribution in [2.75, 3.05) is 0 Å². The van der Waals surface area contributed by atoms with Gasteiger partial charge in [0.2, 0.25) is 0 Å². The van der Waals surface area contributed by atoms with Gasteiger partial charge in [0.05, 0.1) is 5.69 Å². The zero-order valence-corrected chi connectivity index (χ0v) is 10.1. The lowest BCUT2D eigenvalue weighted by Crippen LogP contribution is -2.21. The molecule has 2 rings (SSSR count). The topological polar surface area (TPSA) is 33.0 Å². The molecule has 3 heteroatoms. The Hall–Kier alpha value is -1.90. The van der Waals surface area contributed by atoms with E-state index in [-0.39, 0.29) is 0 Å². The van der Waals surface area contributed by atoms with Gasteiger partial charge in [0.25, 0.3) is 0 Å². The second-order valence-electron chi connectivity index (χ2n) is 4.35. The van der Waals surface area contributed by atoms with E-state index in [9.17, 15) is 0 Å². The number of nitrogens with one attached hydrogen (secondary N) is 1. The van der Waals surface area contributed by atoms with E-state index in [2.05, 4.69) is 25.8 Å². The molecule has 17 heavy (non-hydrogen) atoms. The first-order valence-corrected chi connectivity index (χ1v) is 5.74. The van der Waals surface area contributed by atoms with Crippen molar-refractivity contribution < 1.29 is 4.74 Å². The Bertz CT molecular complexity index is 477. The molecule has 2 nitrogen and oxygen atoms in total. The lowest BCUT2D eigenvalue weighted by Gasteiger charge is -2.07. The highest BCUT2D eigenvalue weighted by Gasteiger charge is 2.03. The molecule has 0 aromatic heterocycles. The van der Waals surface area contributed by atoms with Gasteiger partial charge in [0, 0.05) is 0 Å². The summed E-state index contributed by atoms with van der Waals surface area (Å²) in [6.07, 6.45) is 0. The predicted octanol–water partition coefficient (Wildman–Crippen LogP) is 3.35. The van der Waals surface area contributed by atoms with Gasteiger partial charge >= 0.3 is 0 Å². The van der Waals surface area contributed by atoms with Crippen LogP contribution in [0.5, 0.6) is 11.5 Å². The largest absolute Gasteiger partial charge is 0.457 e. The molecule has 1 radical (unpaired) electrons. The zero-order chi connectivity index (χ0) is 12.3. The van der Waals surface area contributed by atoms with Crippen LogP contribution < -0.4 is 15.9 Å². The maximum absolute atomic E-state index is 7.39. The first kappa shape index (κ1) is 11.6.